The summed E-state index contributed by atoms with van der Waals surface area (Å²) >= 11 is 4.78. The monoisotopic (exact) mass is 276 g/mol. The second-order valence-electron chi connectivity index (χ2n) is 3.00. The molecule has 6 heteroatoms. The van der Waals surface area contributed by atoms with E-state index in [9.17, 15) is 4.79 Å². The summed E-state index contributed by atoms with van der Waals surface area (Å²) in [5, 5.41) is 2.89. The summed E-state index contributed by atoms with van der Waals surface area (Å²) in [7, 11) is 0. The fourth-order valence-electron chi connectivity index (χ4n) is 1.23. The van der Waals surface area contributed by atoms with Crippen LogP contribution in [0.5, 0.6) is 0 Å². The minimum absolute atomic E-state index is 0.0598. The van der Waals surface area contributed by atoms with E-state index in [0.29, 0.717) is 18.1 Å². The van der Waals surface area contributed by atoms with Crippen molar-refractivity contribution in [3.63, 3.8) is 0 Å². The summed E-state index contributed by atoms with van der Waals surface area (Å²) in [6.45, 7) is 1.22. The Morgan fingerprint density at radius 1 is 1.71 bits per heavy atom. The Balaban J connectivity index is 1.95. The zero-order valence-corrected chi connectivity index (χ0v) is 9.68. The standard InChI is InChI=1S/C8H9BrN2O2S/c9-5-2-13-3-6(5)11-8(12)7-1-10-4-14-7/h1,4-6H,2-3H2,(H,11,12). The molecule has 2 rings (SSSR count). The number of carbonyl (C=O) groups is 1. The summed E-state index contributed by atoms with van der Waals surface area (Å²) in [6.07, 6.45) is 1.57. The predicted molar refractivity (Wildman–Crippen MR) is 56.9 cm³/mol. The van der Waals surface area contributed by atoms with Crippen molar-refractivity contribution in [1.29, 1.82) is 0 Å². The number of nitrogens with zero attached hydrogens (tertiary/aromatic N) is 1. The van der Waals surface area contributed by atoms with E-state index in [2.05, 4.69) is 26.2 Å². The SMILES string of the molecule is O=C(NC1COCC1Br)c1cncs1. The predicted octanol–water partition coefficient (Wildman–Crippen LogP) is 1.04. The number of rotatable bonds is 2. The highest BCUT2D eigenvalue weighted by Gasteiger charge is 2.27. The van der Waals surface area contributed by atoms with Crippen molar-refractivity contribution in [2.75, 3.05) is 13.2 Å². The lowest BCUT2D eigenvalue weighted by atomic mass is 10.2. The van der Waals surface area contributed by atoms with Gasteiger partial charge in [-0.05, 0) is 0 Å². The molecule has 1 aromatic rings. The van der Waals surface area contributed by atoms with E-state index in [-0.39, 0.29) is 16.8 Å². The average molecular weight is 277 g/mol. The van der Waals surface area contributed by atoms with Gasteiger partial charge in [0.1, 0.15) is 4.88 Å². The Morgan fingerprint density at radius 2 is 2.57 bits per heavy atom. The zero-order valence-electron chi connectivity index (χ0n) is 7.27. The van der Waals surface area contributed by atoms with Crippen molar-refractivity contribution >= 4 is 33.2 Å². The lowest BCUT2D eigenvalue weighted by Gasteiger charge is -2.12. The van der Waals surface area contributed by atoms with Gasteiger partial charge in [-0.3, -0.25) is 9.78 Å². The number of hydrogen-bond acceptors (Lipinski definition) is 4. The van der Waals surface area contributed by atoms with Crippen molar-refractivity contribution in [2.45, 2.75) is 10.9 Å². The fourth-order valence-corrected chi connectivity index (χ4v) is 2.22. The van der Waals surface area contributed by atoms with Gasteiger partial charge in [-0.15, -0.1) is 11.3 Å². The Kier molecular flexibility index (Phi) is 3.15. The first-order valence-electron chi connectivity index (χ1n) is 4.18. The van der Waals surface area contributed by atoms with Crippen LogP contribution in [-0.4, -0.2) is 35.0 Å². The molecule has 2 unspecified atom stereocenters. The number of thiazole rings is 1. The molecular formula is C8H9BrN2O2S. The van der Waals surface area contributed by atoms with Crippen LogP contribution in [0.15, 0.2) is 11.7 Å². The van der Waals surface area contributed by atoms with Crippen molar-refractivity contribution in [2.24, 2.45) is 0 Å². The molecule has 0 aromatic carbocycles. The molecule has 1 aromatic heterocycles. The highest BCUT2D eigenvalue weighted by molar-refractivity contribution is 9.09. The summed E-state index contributed by atoms with van der Waals surface area (Å²) in [5.41, 5.74) is 1.64. The molecule has 0 aliphatic carbocycles. The molecule has 1 aliphatic rings. The average Bonchev–Trinajstić information content (AvgIpc) is 2.77. The van der Waals surface area contributed by atoms with Gasteiger partial charge in [0.25, 0.3) is 5.91 Å². The van der Waals surface area contributed by atoms with Crippen molar-refractivity contribution in [1.82, 2.24) is 10.3 Å². The van der Waals surface area contributed by atoms with E-state index in [1.165, 1.54) is 11.3 Å². The lowest BCUT2D eigenvalue weighted by Crippen LogP contribution is -2.39. The molecule has 1 amide bonds. The first-order chi connectivity index (χ1) is 6.77. The number of amides is 1. The van der Waals surface area contributed by atoms with Crippen LogP contribution in [0, 0.1) is 0 Å². The summed E-state index contributed by atoms with van der Waals surface area (Å²) in [6, 6.07) is 0.0598. The molecule has 14 heavy (non-hydrogen) atoms. The largest absolute Gasteiger partial charge is 0.378 e. The quantitative estimate of drug-likeness (QED) is 0.822. The summed E-state index contributed by atoms with van der Waals surface area (Å²) in [5.74, 6) is -0.0764. The van der Waals surface area contributed by atoms with Crippen LogP contribution in [0.3, 0.4) is 0 Å². The molecule has 2 atom stereocenters. The number of nitrogens with one attached hydrogen (secondary N) is 1. The molecule has 0 bridgehead atoms. The second-order valence-corrected chi connectivity index (χ2v) is 5.06. The Labute approximate surface area is 93.8 Å². The van der Waals surface area contributed by atoms with Gasteiger partial charge in [0.2, 0.25) is 0 Å². The Hall–Kier alpha value is -0.460. The molecule has 0 saturated carbocycles. The molecule has 1 N–H and O–H groups in total. The van der Waals surface area contributed by atoms with Crippen molar-refractivity contribution in [3.05, 3.63) is 16.6 Å². The maximum Gasteiger partial charge on any atom is 0.263 e. The number of alkyl halides is 1. The first kappa shape index (κ1) is 10.1. The fraction of sp³-hybridized carbons (Fsp3) is 0.500. The number of hydrogen-bond donors (Lipinski definition) is 1. The van der Waals surface area contributed by atoms with Crippen LogP contribution < -0.4 is 5.32 Å². The minimum Gasteiger partial charge on any atom is -0.378 e. The van der Waals surface area contributed by atoms with E-state index in [0.717, 1.165) is 0 Å². The zero-order chi connectivity index (χ0) is 9.97. The van der Waals surface area contributed by atoms with E-state index < -0.39 is 0 Å². The van der Waals surface area contributed by atoms with Gasteiger partial charge >= 0.3 is 0 Å². The number of halogens is 1. The maximum atomic E-state index is 11.6. The van der Waals surface area contributed by atoms with E-state index in [1.807, 2.05) is 0 Å². The van der Waals surface area contributed by atoms with Gasteiger partial charge in [-0.25, -0.2) is 0 Å². The molecule has 1 fully saturated rings. The smallest absolute Gasteiger partial charge is 0.263 e. The van der Waals surface area contributed by atoms with Crippen molar-refractivity contribution in [3.8, 4) is 0 Å². The van der Waals surface area contributed by atoms with Crippen LogP contribution in [0.2, 0.25) is 0 Å². The molecule has 0 spiro atoms. The number of ether oxygens (including phenoxy) is 1. The molecule has 1 aliphatic heterocycles. The molecule has 76 valence electrons. The van der Waals surface area contributed by atoms with E-state index in [4.69, 9.17) is 4.74 Å². The number of aromatic nitrogens is 1. The highest BCUT2D eigenvalue weighted by atomic mass is 79.9. The number of carbonyl (C=O) groups excluding carboxylic acids is 1. The second kappa shape index (κ2) is 4.37. The van der Waals surface area contributed by atoms with Crippen LogP contribution in [0.1, 0.15) is 9.67 Å². The van der Waals surface area contributed by atoms with Crippen LogP contribution in [0.4, 0.5) is 0 Å². The lowest BCUT2D eigenvalue weighted by molar-refractivity contribution is 0.0934. The first-order valence-corrected chi connectivity index (χ1v) is 5.98. The van der Waals surface area contributed by atoms with Crippen LogP contribution >= 0.6 is 27.3 Å². The molecule has 0 radical (unpaired) electrons. The minimum atomic E-state index is -0.0764. The highest BCUT2D eigenvalue weighted by Crippen LogP contribution is 2.15. The Bertz CT molecular complexity index is 317. The topological polar surface area (TPSA) is 51.2 Å². The normalized spacial score (nSPS) is 26.4. The van der Waals surface area contributed by atoms with Gasteiger partial charge in [-0.2, -0.15) is 0 Å². The Morgan fingerprint density at radius 3 is 3.14 bits per heavy atom. The van der Waals surface area contributed by atoms with Gasteiger partial charge in [0, 0.05) is 0 Å². The molecule has 1 saturated heterocycles. The van der Waals surface area contributed by atoms with Crippen LogP contribution in [-0.2, 0) is 4.74 Å². The molecular weight excluding hydrogens is 268 g/mol. The van der Waals surface area contributed by atoms with Gasteiger partial charge < -0.3 is 10.1 Å². The maximum absolute atomic E-state index is 11.6. The third-order valence-corrected chi connectivity index (χ3v) is 3.66. The third kappa shape index (κ3) is 2.13. The summed E-state index contributed by atoms with van der Waals surface area (Å²) in [4.78, 5) is 16.3. The summed E-state index contributed by atoms with van der Waals surface area (Å²) < 4.78 is 5.21. The third-order valence-electron chi connectivity index (χ3n) is 1.98. The molecule has 2 heterocycles. The van der Waals surface area contributed by atoms with E-state index in [1.54, 1.807) is 11.7 Å². The van der Waals surface area contributed by atoms with Gasteiger partial charge in [0.05, 0.1) is 35.8 Å². The van der Waals surface area contributed by atoms with Crippen LogP contribution in [0.25, 0.3) is 0 Å². The van der Waals surface area contributed by atoms with Crippen molar-refractivity contribution < 1.29 is 9.53 Å². The molecule has 4 nitrogen and oxygen atoms in total. The van der Waals surface area contributed by atoms with E-state index >= 15 is 0 Å². The van der Waals surface area contributed by atoms with Gasteiger partial charge in [-0.1, -0.05) is 15.9 Å². The van der Waals surface area contributed by atoms with Gasteiger partial charge in [0.15, 0.2) is 0 Å².